The maximum Gasteiger partial charge on any atom is 0.251 e. The number of aryl methyl sites for hydroxylation is 1. The molecule has 2 heterocycles. The molecule has 0 bridgehead atoms. The van der Waals surface area contributed by atoms with E-state index in [0.29, 0.717) is 17.4 Å². The molecular weight excluding hydrogens is 308 g/mol. The molecule has 0 aliphatic carbocycles. The van der Waals surface area contributed by atoms with Crippen molar-refractivity contribution in [3.63, 3.8) is 0 Å². The summed E-state index contributed by atoms with van der Waals surface area (Å²) in [4.78, 5) is 16.6. The number of carbonyl (C=O) groups excluding carboxylic acids is 1. The number of ether oxygens (including phenoxy) is 1. The van der Waals surface area contributed by atoms with E-state index in [4.69, 9.17) is 4.74 Å². The lowest BCUT2D eigenvalue weighted by Gasteiger charge is -2.21. The van der Waals surface area contributed by atoms with Crippen LogP contribution in [0.5, 0.6) is 0 Å². The van der Waals surface area contributed by atoms with Gasteiger partial charge in [0.1, 0.15) is 0 Å². The van der Waals surface area contributed by atoms with Crippen LogP contribution in [0.15, 0.2) is 30.5 Å². The van der Waals surface area contributed by atoms with Gasteiger partial charge in [-0.05, 0) is 49.6 Å². The fourth-order valence-electron chi connectivity index (χ4n) is 2.76. The lowest BCUT2D eigenvalue weighted by molar-refractivity contribution is 0.0955. The summed E-state index contributed by atoms with van der Waals surface area (Å²) in [6.45, 7) is 4.48. The molecule has 0 radical (unpaired) electrons. The second kappa shape index (κ2) is 7.79. The molecule has 1 fully saturated rings. The third-order valence-electron chi connectivity index (χ3n) is 4.13. The standard InChI is InChI=1S/C18H22N2O2S/c1-13-4-7-19-17-3-2-14(12-16(13)17)18(21)20-8-11-23-15-5-9-22-10-6-15/h2-4,7,12,15H,5-6,8-11H2,1H3,(H,20,21). The van der Waals surface area contributed by atoms with Crippen molar-refractivity contribution in [3.05, 3.63) is 41.6 Å². The molecular formula is C18H22N2O2S. The van der Waals surface area contributed by atoms with Crippen LogP contribution in [-0.2, 0) is 4.74 Å². The van der Waals surface area contributed by atoms with Crippen molar-refractivity contribution < 1.29 is 9.53 Å². The summed E-state index contributed by atoms with van der Waals surface area (Å²) in [5, 5.41) is 4.73. The number of benzene rings is 1. The van der Waals surface area contributed by atoms with E-state index >= 15 is 0 Å². The highest BCUT2D eigenvalue weighted by Gasteiger charge is 2.14. The summed E-state index contributed by atoms with van der Waals surface area (Å²) < 4.78 is 5.36. The minimum atomic E-state index is -0.0114. The first kappa shape index (κ1) is 16.3. The zero-order chi connectivity index (χ0) is 16.1. The number of nitrogens with zero attached hydrogens (tertiary/aromatic N) is 1. The Morgan fingerprint density at radius 3 is 3.00 bits per heavy atom. The Morgan fingerprint density at radius 1 is 1.35 bits per heavy atom. The van der Waals surface area contributed by atoms with E-state index in [1.54, 1.807) is 6.20 Å². The van der Waals surface area contributed by atoms with Crippen LogP contribution in [-0.4, -0.2) is 41.7 Å². The van der Waals surface area contributed by atoms with Gasteiger partial charge in [-0.25, -0.2) is 0 Å². The Kier molecular flexibility index (Phi) is 5.51. The quantitative estimate of drug-likeness (QED) is 0.856. The molecule has 0 spiro atoms. The van der Waals surface area contributed by atoms with Gasteiger partial charge >= 0.3 is 0 Å². The Bertz CT molecular complexity index is 684. The van der Waals surface area contributed by atoms with E-state index in [1.807, 2.05) is 43.0 Å². The largest absolute Gasteiger partial charge is 0.381 e. The first-order valence-electron chi connectivity index (χ1n) is 8.07. The monoisotopic (exact) mass is 330 g/mol. The number of fused-ring (bicyclic) bond motifs is 1. The highest BCUT2D eigenvalue weighted by molar-refractivity contribution is 7.99. The lowest BCUT2D eigenvalue weighted by Crippen LogP contribution is -2.27. The summed E-state index contributed by atoms with van der Waals surface area (Å²) in [7, 11) is 0. The Hall–Kier alpha value is -1.59. The molecule has 3 rings (SSSR count). The first-order valence-corrected chi connectivity index (χ1v) is 9.12. The molecule has 0 unspecified atom stereocenters. The van der Waals surface area contributed by atoms with Gasteiger partial charge in [-0.2, -0.15) is 11.8 Å². The fourth-order valence-corrected chi connectivity index (χ4v) is 3.84. The van der Waals surface area contributed by atoms with E-state index in [0.717, 1.165) is 48.3 Å². The third-order valence-corrected chi connectivity index (χ3v) is 5.51. The second-order valence-electron chi connectivity index (χ2n) is 5.80. The number of aromatic nitrogens is 1. The van der Waals surface area contributed by atoms with Crippen molar-refractivity contribution in [1.82, 2.24) is 10.3 Å². The van der Waals surface area contributed by atoms with Crippen LogP contribution in [0.4, 0.5) is 0 Å². The molecule has 0 saturated carbocycles. The van der Waals surface area contributed by atoms with Crippen molar-refractivity contribution in [2.45, 2.75) is 25.0 Å². The normalized spacial score (nSPS) is 15.7. The molecule has 23 heavy (non-hydrogen) atoms. The minimum Gasteiger partial charge on any atom is -0.381 e. The summed E-state index contributed by atoms with van der Waals surface area (Å²) in [5.74, 6) is 0.938. The van der Waals surface area contributed by atoms with E-state index in [1.165, 1.54) is 0 Å². The van der Waals surface area contributed by atoms with E-state index in [2.05, 4.69) is 10.3 Å². The van der Waals surface area contributed by atoms with Crippen LogP contribution in [0.3, 0.4) is 0 Å². The predicted molar refractivity (Wildman–Crippen MR) is 95.1 cm³/mol. The van der Waals surface area contributed by atoms with Crippen molar-refractivity contribution >= 4 is 28.6 Å². The van der Waals surface area contributed by atoms with Gasteiger partial charge < -0.3 is 10.1 Å². The number of hydrogen-bond donors (Lipinski definition) is 1. The summed E-state index contributed by atoms with van der Waals surface area (Å²) in [6.07, 6.45) is 4.04. The molecule has 1 aliphatic rings. The number of hydrogen-bond acceptors (Lipinski definition) is 4. The van der Waals surface area contributed by atoms with Gasteiger partial charge in [0.25, 0.3) is 5.91 Å². The van der Waals surface area contributed by atoms with E-state index < -0.39 is 0 Å². The smallest absolute Gasteiger partial charge is 0.251 e. The molecule has 4 nitrogen and oxygen atoms in total. The first-order chi connectivity index (χ1) is 11.2. The number of thioether (sulfide) groups is 1. The van der Waals surface area contributed by atoms with Crippen molar-refractivity contribution in [3.8, 4) is 0 Å². The van der Waals surface area contributed by atoms with Crippen molar-refractivity contribution in [1.29, 1.82) is 0 Å². The van der Waals surface area contributed by atoms with Gasteiger partial charge in [0.05, 0.1) is 5.52 Å². The highest BCUT2D eigenvalue weighted by Crippen LogP contribution is 2.21. The number of nitrogens with one attached hydrogen (secondary N) is 1. The molecule has 5 heteroatoms. The fraction of sp³-hybridized carbons (Fsp3) is 0.444. The third kappa shape index (κ3) is 4.24. The molecule has 1 amide bonds. The van der Waals surface area contributed by atoms with Crippen molar-refractivity contribution in [2.75, 3.05) is 25.5 Å². The second-order valence-corrected chi connectivity index (χ2v) is 7.21. The molecule has 1 aromatic heterocycles. The van der Waals surface area contributed by atoms with Crippen LogP contribution >= 0.6 is 11.8 Å². The average Bonchev–Trinajstić information content (AvgIpc) is 2.59. The zero-order valence-corrected chi connectivity index (χ0v) is 14.2. The van der Waals surface area contributed by atoms with Gasteiger partial charge in [-0.3, -0.25) is 9.78 Å². The molecule has 2 aromatic rings. The van der Waals surface area contributed by atoms with Crippen LogP contribution in [0.2, 0.25) is 0 Å². The van der Waals surface area contributed by atoms with E-state index in [9.17, 15) is 4.79 Å². The zero-order valence-electron chi connectivity index (χ0n) is 13.4. The maximum atomic E-state index is 12.3. The van der Waals surface area contributed by atoms with Crippen LogP contribution in [0.1, 0.15) is 28.8 Å². The van der Waals surface area contributed by atoms with Gasteiger partial charge in [0, 0.05) is 47.9 Å². The molecule has 1 aliphatic heterocycles. The summed E-state index contributed by atoms with van der Waals surface area (Å²) in [6, 6.07) is 7.65. The number of amides is 1. The number of carbonyl (C=O) groups is 1. The molecule has 122 valence electrons. The van der Waals surface area contributed by atoms with Gasteiger partial charge in [0.15, 0.2) is 0 Å². The topological polar surface area (TPSA) is 51.2 Å². The van der Waals surface area contributed by atoms with Crippen LogP contribution in [0, 0.1) is 6.92 Å². The summed E-state index contributed by atoms with van der Waals surface area (Å²) in [5.41, 5.74) is 2.76. The van der Waals surface area contributed by atoms with Crippen LogP contribution < -0.4 is 5.32 Å². The highest BCUT2D eigenvalue weighted by atomic mass is 32.2. The van der Waals surface area contributed by atoms with Gasteiger partial charge in [-0.1, -0.05) is 0 Å². The Labute approximate surface area is 141 Å². The van der Waals surface area contributed by atoms with Crippen LogP contribution in [0.25, 0.3) is 10.9 Å². The average molecular weight is 330 g/mol. The number of pyridine rings is 1. The number of rotatable bonds is 5. The molecule has 1 saturated heterocycles. The predicted octanol–water partition coefficient (Wildman–Crippen LogP) is 3.19. The molecule has 0 atom stereocenters. The molecule has 1 N–H and O–H groups in total. The lowest BCUT2D eigenvalue weighted by atomic mass is 10.1. The molecule has 1 aromatic carbocycles. The van der Waals surface area contributed by atoms with Gasteiger partial charge in [0.2, 0.25) is 0 Å². The Balaban J connectivity index is 1.52. The Morgan fingerprint density at radius 2 is 2.17 bits per heavy atom. The minimum absolute atomic E-state index is 0.0114. The summed E-state index contributed by atoms with van der Waals surface area (Å²) >= 11 is 1.93. The van der Waals surface area contributed by atoms with E-state index in [-0.39, 0.29) is 5.91 Å². The van der Waals surface area contributed by atoms with Gasteiger partial charge in [-0.15, -0.1) is 0 Å². The maximum absolute atomic E-state index is 12.3. The van der Waals surface area contributed by atoms with Crippen molar-refractivity contribution in [2.24, 2.45) is 0 Å². The SMILES string of the molecule is Cc1ccnc2ccc(C(=O)NCCSC3CCOCC3)cc12.